The predicted octanol–water partition coefficient (Wildman–Crippen LogP) is 5.06. The highest BCUT2D eigenvalue weighted by Crippen LogP contribution is 2.50. The molecule has 2 aromatic rings. The Morgan fingerprint density at radius 3 is 2.26 bits per heavy atom. The van der Waals surface area contributed by atoms with E-state index in [0.29, 0.717) is 25.5 Å². The van der Waals surface area contributed by atoms with Crippen LogP contribution in [0.5, 0.6) is 0 Å². The fraction of sp³-hybridized carbons (Fsp3) is 0.500. The second kappa shape index (κ2) is 9.50. The summed E-state index contributed by atoms with van der Waals surface area (Å²) in [5, 5.41) is 3.36. The highest BCUT2D eigenvalue weighted by atomic mass is 19.4. The summed E-state index contributed by atoms with van der Waals surface area (Å²) in [5.41, 5.74) is -2.86. The van der Waals surface area contributed by atoms with Crippen molar-refractivity contribution in [2.24, 2.45) is 5.41 Å². The van der Waals surface area contributed by atoms with Gasteiger partial charge in [0.05, 0.1) is 0 Å². The van der Waals surface area contributed by atoms with Crippen LogP contribution >= 0.6 is 0 Å². The molecular formula is C26H29F5N2O2. The van der Waals surface area contributed by atoms with Crippen molar-refractivity contribution in [2.75, 3.05) is 33.3 Å². The highest BCUT2D eigenvalue weighted by Gasteiger charge is 2.64. The van der Waals surface area contributed by atoms with E-state index in [1.807, 2.05) is 0 Å². The number of ether oxygens (including phenoxy) is 1. The van der Waals surface area contributed by atoms with E-state index in [2.05, 4.69) is 5.32 Å². The number of alkyl halides is 3. The number of hydrogen-bond donors (Lipinski definition) is 1. The maximum absolute atomic E-state index is 14.5. The number of rotatable bonds is 4. The molecule has 4 rings (SSSR count). The zero-order chi connectivity index (χ0) is 25.4. The van der Waals surface area contributed by atoms with Crippen molar-refractivity contribution in [1.82, 2.24) is 10.2 Å². The number of piperidine rings is 2. The number of nitrogens with one attached hydrogen (secondary N) is 1. The van der Waals surface area contributed by atoms with Gasteiger partial charge >= 0.3 is 6.18 Å². The van der Waals surface area contributed by atoms with E-state index in [-0.39, 0.29) is 35.8 Å². The fourth-order valence-electron chi connectivity index (χ4n) is 5.79. The summed E-state index contributed by atoms with van der Waals surface area (Å²) >= 11 is 0. The minimum atomic E-state index is -5.10. The molecule has 2 heterocycles. The second-order valence-corrected chi connectivity index (χ2v) is 9.61. The molecule has 2 saturated heterocycles. The lowest BCUT2D eigenvalue weighted by molar-refractivity contribution is -0.271. The zero-order valence-electron chi connectivity index (χ0n) is 19.7. The molecule has 9 heteroatoms. The molecule has 0 aliphatic carbocycles. The quantitative estimate of drug-likeness (QED) is 0.602. The summed E-state index contributed by atoms with van der Waals surface area (Å²) in [7, 11) is 0.828. The van der Waals surface area contributed by atoms with Gasteiger partial charge in [-0.15, -0.1) is 0 Å². The normalized spacial score (nSPS) is 22.1. The van der Waals surface area contributed by atoms with Gasteiger partial charge in [0.1, 0.15) is 11.6 Å². The number of amides is 1. The van der Waals surface area contributed by atoms with Gasteiger partial charge in [-0.3, -0.25) is 4.79 Å². The number of carbonyl (C=O) groups is 1. The van der Waals surface area contributed by atoms with E-state index in [4.69, 9.17) is 4.74 Å². The fourth-order valence-corrected chi connectivity index (χ4v) is 5.79. The standard InChI is InChI=1S/C26H29F5N2O2/c1-17-13-19(15-21(28)14-17)25(35-2,26(29,30)31)23(34)33-11-8-24(9-12-33)7-10-32-16-22(24)18-3-5-20(27)6-4-18/h3-6,13-15,22,32H,7-12,16H2,1-2H3/t22-,25+/m0/s1. The monoisotopic (exact) mass is 496 g/mol. The topological polar surface area (TPSA) is 41.6 Å². The van der Waals surface area contributed by atoms with E-state index >= 15 is 0 Å². The van der Waals surface area contributed by atoms with Crippen LogP contribution in [0.25, 0.3) is 0 Å². The lowest BCUT2D eigenvalue weighted by Gasteiger charge is -2.50. The van der Waals surface area contributed by atoms with Gasteiger partial charge in [0.2, 0.25) is 0 Å². The van der Waals surface area contributed by atoms with Gasteiger partial charge in [0, 0.05) is 38.2 Å². The van der Waals surface area contributed by atoms with Crippen molar-refractivity contribution < 1.29 is 31.5 Å². The largest absolute Gasteiger partial charge is 0.430 e. The SMILES string of the molecule is CO[C@@](C(=O)N1CCC2(CCNC[C@H]2c2ccc(F)cc2)CC1)(c1cc(C)cc(F)c1)C(F)(F)F. The average Bonchev–Trinajstić information content (AvgIpc) is 2.80. The lowest BCUT2D eigenvalue weighted by atomic mass is 9.62. The number of aryl methyl sites for hydroxylation is 1. The number of methoxy groups -OCH3 is 1. The number of likely N-dealkylation sites (tertiary alicyclic amines) is 1. The molecule has 2 fully saturated rings. The van der Waals surface area contributed by atoms with E-state index in [1.54, 1.807) is 12.1 Å². The zero-order valence-corrected chi connectivity index (χ0v) is 19.7. The Morgan fingerprint density at radius 1 is 1.03 bits per heavy atom. The lowest BCUT2D eigenvalue weighted by Crippen LogP contribution is -2.60. The van der Waals surface area contributed by atoms with Crippen LogP contribution in [0.1, 0.15) is 41.9 Å². The van der Waals surface area contributed by atoms with Crippen LogP contribution in [0.2, 0.25) is 0 Å². The van der Waals surface area contributed by atoms with Gasteiger partial charge in [0.25, 0.3) is 11.5 Å². The van der Waals surface area contributed by atoms with Crippen molar-refractivity contribution in [2.45, 2.75) is 43.9 Å². The maximum Gasteiger partial charge on any atom is 0.430 e. The molecule has 0 unspecified atom stereocenters. The van der Waals surface area contributed by atoms with Crippen LogP contribution < -0.4 is 5.32 Å². The molecule has 2 aromatic carbocycles. The minimum Gasteiger partial charge on any atom is -0.356 e. The minimum absolute atomic E-state index is 0.0507. The molecule has 0 aromatic heterocycles. The summed E-state index contributed by atoms with van der Waals surface area (Å²) in [5.74, 6) is -2.38. The van der Waals surface area contributed by atoms with Gasteiger partial charge in [-0.25, -0.2) is 8.78 Å². The summed E-state index contributed by atoms with van der Waals surface area (Å²) in [4.78, 5) is 14.7. The second-order valence-electron chi connectivity index (χ2n) is 9.61. The highest BCUT2D eigenvalue weighted by molar-refractivity contribution is 5.88. The molecule has 0 saturated carbocycles. The van der Waals surface area contributed by atoms with Crippen LogP contribution in [0.4, 0.5) is 22.0 Å². The Balaban J connectivity index is 1.62. The molecule has 2 atom stereocenters. The van der Waals surface area contributed by atoms with Gasteiger partial charge in [-0.1, -0.05) is 18.2 Å². The number of carbonyl (C=O) groups excluding carboxylic acids is 1. The summed E-state index contributed by atoms with van der Waals surface area (Å²) in [6.45, 7) is 3.13. The Kier molecular flexibility index (Phi) is 6.94. The van der Waals surface area contributed by atoms with Gasteiger partial charge in [-0.05, 0) is 73.5 Å². The third-order valence-corrected chi connectivity index (χ3v) is 7.66. The third-order valence-electron chi connectivity index (χ3n) is 7.66. The van der Waals surface area contributed by atoms with Gasteiger partial charge < -0.3 is 15.0 Å². The maximum atomic E-state index is 14.5. The Morgan fingerprint density at radius 2 is 1.69 bits per heavy atom. The molecule has 1 spiro atoms. The molecule has 2 aliphatic rings. The van der Waals surface area contributed by atoms with Crippen molar-refractivity contribution >= 4 is 5.91 Å². The molecule has 0 radical (unpaired) electrons. The van der Waals surface area contributed by atoms with E-state index in [1.165, 1.54) is 24.0 Å². The molecule has 1 N–H and O–H groups in total. The van der Waals surface area contributed by atoms with Crippen molar-refractivity contribution in [1.29, 1.82) is 0 Å². The van der Waals surface area contributed by atoms with E-state index < -0.39 is 29.1 Å². The van der Waals surface area contributed by atoms with Gasteiger partial charge in [-0.2, -0.15) is 13.2 Å². The first-order valence-corrected chi connectivity index (χ1v) is 11.7. The number of hydrogen-bond acceptors (Lipinski definition) is 3. The first-order valence-electron chi connectivity index (χ1n) is 11.7. The molecule has 0 bridgehead atoms. The first-order chi connectivity index (χ1) is 16.5. The molecule has 35 heavy (non-hydrogen) atoms. The van der Waals surface area contributed by atoms with Crippen molar-refractivity contribution in [3.8, 4) is 0 Å². The van der Waals surface area contributed by atoms with Crippen LogP contribution in [-0.2, 0) is 15.1 Å². The number of halogens is 5. The molecular weight excluding hydrogens is 467 g/mol. The molecule has 190 valence electrons. The average molecular weight is 497 g/mol. The molecule has 2 aliphatic heterocycles. The van der Waals surface area contributed by atoms with Crippen LogP contribution in [0.3, 0.4) is 0 Å². The van der Waals surface area contributed by atoms with Crippen LogP contribution in [-0.4, -0.2) is 50.3 Å². The molecule has 1 amide bonds. The summed E-state index contributed by atoms with van der Waals surface area (Å²) in [6, 6.07) is 9.27. The predicted molar refractivity (Wildman–Crippen MR) is 121 cm³/mol. The van der Waals surface area contributed by atoms with Crippen molar-refractivity contribution in [3.05, 3.63) is 70.8 Å². The summed E-state index contributed by atoms with van der Waals surface area (Å²) in [6.07, 6.45) is -3.29. The Bertz CT molecular complexity index is 1040. The summed E-state index contributed by atoms with van der Waals surface area (Å²) < 4.78 is 75.9. The van der Waals surface area contributed by atoms with Crippen LogP contribution in [0.15, 0.2) is 42.5 Å². The third kappa shape index (κ3) is 4.56. The van der Waals surface area contributed by atoms with Crippen molar-refractivity contribution in [3.63, 3.8) is 0 Å². The van der Waals surface area contributed by atoms with E-state index in [9.17, 15) is 26.7 Å². The smallest absolute Gasteiger partial charge is 0.356 e. The Hall–Kier alpha value is -2.52. The Labute approximate surface area is 201 Å². The van der Waals surface area contributed by atoms with Crippen LogP contribution in [0, 0.1) is 24.0 Å². The number of benzene rings is 2. The first kappa shape index (κ1) is 25.6. The number of nitrogens with zero attached hydrogens (tertiary/aromatic N) is 1. The molecule has 4 nitrogen and oxygen atoms in total. The van der Waals surface area contributed by atoms with Gasteiger partial charge in [0.15, 0.2) is 0 Å². The van der Waals surface area contributed by atoms with E-state index in [0.717, 1.165) is 37.8 Å².